The minimum atomic E-state index is -0.544. The minimum Gasteiger partial charge on any atom is -0.496 e. The summed E-state index contributed by atoms with van der Waals surface area (Å²) >= 11 is 14.2. The minimum absolute atomic E-state index is 0.0446. The number of hydrogen-bond donors (Lipinski definition) is 0. The van der Waals surface area contributed by atoms with Gasteiger partial charge in [-0.15, -0.1) is 11.3 Å². The van der Waals surface area contributed by atoms with Gasteiger partial charge in [0.1, 0.15) is 11.3 Å². The van der Waals surface area contributed by atoms with Gasteiger partial charge >= 0.3 is 0 Å². The summed E-state index contributed by atoms with van der Waals surface area (Å²) in [7, 11) is 1.55. The van der Waals surface area contributed by atoms with E-state index in [1.165, 1.54) is 28.6 Å². The van der Waals surface area contributed by atoms with Crippen LogP contribution < -0.4 is 9.64 Å². The first-order valence-electron chi connectivity index (χ1n) is 9.66. The molecule has 0 bridgehead atoms. The van der Waals surface area contributed by atoms with Gasteiger partial charge in [0.15, 0.2) is 18.2 Å². The number of ether oxygens (including phenoxy) is 1. The van der Waals surface area contributed by atoms with Gasteiger partial charge in [-0.3, -0.25) is 14.7 Å². The number of rotatable bonds is 6. The highest BCUT2D eigenvalue weighted by Crippen LogP contribution is 2.35. The van der Waals surface area contributed by atoms with Crippen LogP contribution in [0.2, 0.25) is 10.0 Å². The second-order valence-electron chi connectivity index (χ2n) is 6.84. The molecule has 0 saturated carbocycles. The van der Waals surface area contributed by atoms with Crippen LogP contribution in [0.4, 0.5) is 5.69 Å². The average Bonchev–Trinajstić information content (AvgIpc) is 3.41. The van der Waals surface area contributed by atoms with Crippen LogP contribution in [0, 0.1) is 6.92 Å². The second-order valence-corrected chi connectivity index (χ2v) is 8.72. The van der Waals surface area contributed by atoms with E-state index in [-0.39, 0.29) is 33.9 Å². The van der Waals surface area contributed by atoms with E-state index >= 15 is 0 Å². The standard InChI is InChI=1S/C22H18Cl2N4O4S/c1-12(27-31-10-14-11-33-13(2)26-14)28(21-16(23)8-25-9-17(21)24)22(29)20-7-15-18(30-3)5-4-6-19(15)32-20/h4-9,11H,10H2,1-3H3/b27-12-. The van der Waals surface area contributed by atoms with Crippen molar-refractivity contribution >= 4 is 62.9 Å². The smallest absolute Gasteiger partial charge is 0.299 e. The molecule has 0 spiro atoms. The molecule has 33 heavy (non-hydrogen) atoms. The molecule has 0 aliphatic heterocycles. The Morgan fingerprint density at radius 3 is 2.70 bits per heavy atom. The van der Waals surface area contributed by atoms with Crippen LogP contribution in [-0.2, 0) is 11.4 Å². The summed E-state index contributed by atoms with van der Waals surface area (Å²) in [5.41, 5.74) is 1.44. The van der Waals surface area contributed by atoms with Gasteiger partial charge in [-0.1, -0.05) is 34.4 Å². The number of hydrogen-bond acceptors (Lipinski definition) is 8. The monoisotopic (exact) mass is 504 g/mol. The number of thiazole rings is 1. The number of nitrogens with zero attached hydrogens (tertiary/aromatic N) is 4. The molecule has 3 heterocycles. The summed E-state index contributed by atoms with van der Waals surface area (Å²) < 4.78 is 11.2. The van der Waals surface area contributed by atoms with E-state index in [4.69, 9.17) is 37.2 Å². The molecule has 1 aromatic carbocycles. The number of carbonyl (C=O) groups excluding carboxylic acids is 1. The average molecular weight is 505 g/mol. The van der Waals surface area contributed by atoms with Gasteiger partial charge in [0.05, 0.1) is 38.9 Å². The van der Waals surface area contributed by atoms with E-state index in [9.17, 15) is 4.79 Å². The van der Waals surface area contributed by atoms with Crippen LogP contribution in [0.5, 0.6) is 5.75 Å². The van der Waals surface area contributed by atoms with Crippen molar-refractivity contribution in [3.63, 3.8) is 0 Å². The van der Waals surface area contributed by atoms with Gasteiger partial charge < -0.3 is 14.0 Å². The predicted octanol–water partition coefficient (Wildman–Crippen LogP) is 6.11. The molecule has 170 valence electrons. The zero-order valence-corrected chi connectivity index (χ0v) is 20.2. The molecule has 0 saturated heterocycles. The molecule has 0 N–H and O–H groups in total. The molecule has 4 rings (SSSR count). The molecule has 0 unspecified atom stereocenters. The van der Waals surface area contributed by atoms with Gasteiger partial charge in [0.2, 0.25) is 0 Å². The van der Waals surface area contributed by atoms with E-state index in [2.05, 4.69) is 15.1 Å². The lowest BCUT2D eigenvalue weighted by Crippen LogP contribution is -2.36. The summed E-state index contributed by atoms with van der Waals surface area (Å²) in [5.74, 6) is 0.268. The highest BCUT2D eigenvalue weighted by atomic mass is 35.5. The molecule has 8 nitrogen and oxygen atoms in total. The highest BCUT2D eigenvalue weighted by molar-refractivity contribution is 7.09. The number of oxime groups is 1. The lowest BCUT2D eigenvalue weighted by molar-refractivity contribution is 0.0971. The van der Waals surface area contributed by atoms with Gasteiger partial charge in [-0.25, -0.2) is 4.98 Å². The van der Waals surface area contributed by atoms with Crippen molar-refractivity contribution in [2.24, 2.45) is 5.16 Å². The summed E-state index contributed by atoms with van der Waals surface area (Å²) in [6.07, 6.45) is 2.77. The van der Waals surface area contributed by atoms with E-state index in [0.29, 0.717) is 16.7 Å². The molecule has 0 radical (unpaired) electrons. The maximum absolute atomic E-state index is 13.6. The molecule has 0 atom stereocenters. The van der Waals surface area contributed by atoms with Crippen LogP contribution in [0.3, 0.4) is 0 Å². The Bertz CT molecular complexity index is 1330. The number of amides is 1. The Labute approximate surface area is 203 Å². The summed E-state index contributed by atoms with van der Waals surface area (Å²) in [4.78, 5) is 28.6. The van der Waals surface area contributed by atoms with Crippen molar-refractivity contribution in [1.82, 2.24) is 9.97 Å². The number of halogens is 2. The first-order valence-corrected chi connectivity index (χ1v) is 11.3. The SMILES string of the molecule is COc1cccc2oc(C(=O)N(/C(C)=N\OCc3csc(C)n3)c3c(Cl)cncc3Cl)cc12. The van der Waals surface area contributed by atoms with Crippen LogP contribution in [0.15, 0.2) is 51.6 Å². The largest absolute Gasteiger partial charge is 0.496 e. The van der Waals surface area contributed by atoms with Crippen molar-refractivity contribution in [1.29, 1.82) is 0 Å². The Morgan fingerprint density at radius 2 is 2.03 bits per heavy atom. The second kappa shape index (κ2) is 9.78. The van der Waals surface area contributed by atoms with Gasteiger partial charge in [-0.2, -0.15) is 0 Å². The van der Waals surface area contributed by atoms with Crippen LogP contribution >= 0.6 is 34.5 Å². The van der Waals surface area contributed by atoms with Crippen molar-refractivity contribution in [2.45, 2.75) is 20.5 Å². The quantitative estimate of drug-likeness (QED) is 0.179. The normalized spacial score (nSPS) is 11.6. The zero-order valence-electron chi connectivity index (χ0n) is 17.8. The van der Waals surface area contributed by atoms with Crippen LogP contribution in [0.25, 0.3) is 11.0 Å². The number of aryl methyl sites for hydroxylation is 1. The number of aromatic nitrogens is 2. The molecule has 4 aromatic rings. The Morgan fingerprint density at radius 1 is 1.27 bits per heavy atom. The Hall–Kier alpha value is -3.14. The maximum atomic E-state index is 13.6. The van der Waals surface area contributed by atoms with E-state index in [1.807, 2.05) is 12.3 Å². The molecule has 0 aliphatic rings. The predicted molar refractivity (Wildman–Crippen MR) is 129 cm³/mol. The molecule has 0 aliphatic carbocycles. The van der Waals surface area contributed by atoms with Gasteiger partial charge in [0, 0.05) is 23.8 Å². The third-order valence-corrected chi connectivity index (χ3v) is 5.98. The fourth-order valence-corrected chi connectivity index (χ4v) is 4.29. The van der Waals surface area contributed by atoms with Gasteiger partial charge in [0.25, 0.3) is 5.91 Å². The molecule has 0 fully saturated rings. The molecular weight excluding hydrogens is 487 g/mol. The molecule has 3 aromatic heterocycles. The van der Waals surface area contributed by atoms with Crippen LogP contribution in [-0.4, -0.2) is 28.8 Å². The molecular formula is C22H18Cl2N4O4S. The first-order chi connectivity index (χ1) is 15.9. The lowest BCUT2D eigenvalue weighted by Gasteiger charge is -2.22. The number of pyridine rings is 1. The van der Waals surface area contributed by atoms with Crippen molar-refractivity contribution in [2.75, 3.05) is 12.0 Å². The number of furan rings is 1. The van der Waals surface area contributed by atoms with E-state index in [0.717, 1.165) is 10.7 Å². The van der Waals surface area contributed by atoms with Gasteiger partial charge in [-0.05, 0) is 26.0 Å². The third-order valence-electron chi connectivity index (χ3n) is 4.61. The maximum Gasteiger partial charge on any atom is 0.299 e. The van der Waals surface area contributed by atoms with Crippen molar-refractivity contribution in [3.8, 4) is 5.75 Å². The Balaban J connectivity index is 1.72. The number of anilines is 1. The summed E-state index contributed by atoms with van der Waals surface area (Å²) in [5, 5.41) is 7.87. The summed E-state index contributed by atoms with van der Waals surface area (Å²) in [6.45, 7) is 3.64. The van der Waals surface area contributed by atoms with Crippen molar-refractivity contribution in [3.05, 3.63) is 68.5 Å². The molecule has 11 heteroatoms. The summed E-state index contributed by atoms with van der Waals surface area (Å²) in [6, 6.07) is 6.89. The number of amidine groups is 1. The van der Waals surface area contributed by atoms with Crippen molar-refractivity contribution < 1.29 is 18.8 Å². The number of benzene rings is 1. The zero-order chi connectivity index (χ0) is 23.5. The topological polar surface area (TPSA) is 90.0 Å². The molecule has 1 amide bonds. The number of methoxy groups -OCH3 is 1. The first kappa shape index (κ1) is 23.0. The number of carbonyl (C=O) groups is 1. The van der Waals surface area contributed by atoms with E-state index < -0.39 is 5.91 Å². The fourth-order valence-electron chi connectivity index (χ4n) is 3.16. The highest BCUT2D eigenvalue weighted by Gasteiger charge is 2.29. The Kier molecular flexibility index (Phi) is 6.83. The van der Waals surface area contributed by atoms with Crippen LogP contribution in [0.1, 0.15) is 28.2 Å². The fraction of sp³-hybridized carbons (Fsp3) is 0.182. The number of fused-ring (bicyclic) bond motifs is 1. The lowest BCUT2D eigenvalue weighted by atomic mass is 10.2. The third kappa shape index (κ3) is 4.80. The van der Waals surface area contributed by atoms with E-state index in [1.54, 1.807) is 38.3 Å².